The Morgan fingerprint density at radius 1 is 1.50 bits per heavy atom. The smallest absolute Gasteiger partial charge is 0.402 e. The predicted molar refractivity (Wildman–Crippen MR) is 47.5 cm³/mol. The topological polar surface area (TPSA) is 92.4 Å². The first-order valence-corrected chi connectivity index (χ1v) is 2.87. The van der Waals surface area contributed by atoms with E-state index in [0.29, 0.717) is 0 Å². The summed E-state index contributed by atoms with van der Waals surface area (Å²) in [6.07, 6.45) is 0.0162. The Hall–Kier alpha value is -1.78. The molecule has 0 fully saturated rings. The Kier molecular flexibility index (Phi) is 22.4. The van der Waals surface area contributed by atoms with E-state index in [9.17, 15) is 4.79 Å². The molecule has 4 N–H and O–H groups in total. The molecule has 0 rings (SSSR count). The third-order valence-corrected chi connectivity index (χ3v) is 0.305. The predicted octanol–water partition coefficient (Wildman–Crippen LogP) is 0.691. The highest BCUT2D eigenvalue weighted by Gasteiger charge is 1.75. The highest BCUT2D eigenvalue weighted by Crippen LogP contribution is 1.54. The van der Waals surface area contributed by atoms with Gasteiger partial charge < -0.3 is 16.2 Å². The number of rotatable bonds is 1. The number of hydrogen-bond acceptors (Lipinski definition) is 2. The third-order valence-electron chi connectivity index (χ3n) is 0.305. The van der Waals surface area contributed by atoms with Crippen molar-refractivity contribution >= 4 is 12.0 Å². The van der Waals surface area contributed by atoms with Crippen LogP contribution in [0.1, 0.15) is 6.92 Å². The molecule has 2 amide bonds. The Balaban J connectivity index is -0.000000118. The number of nitrogens with one attached hydrogen (secondary N) is 1. The van der Waals surface area contributed by atoms with Gasteiger partial charge in [-0.2, -0.15) is 0 Å². The van der Waals surface area contributed by atoms with Gasteiger partial charge in [-0.3, -0.25) is 4.79 Å². The highest BCUT2D eigenvalue weighted by atomic mass is 16.4. The minimum atomic E-state index is -1.33. The monoisotopic (exact) mass is 174 g/mol. The fourth-order valence-corrected chi connectivity index (χ4v) is 0.144. The van der Waals surface area contributed by atoms with E-state index >= 15 is 0 Å². The maximum Gasteiger partial charge on any atom is 0.402 e. The van der Waals surface area contributed by atoms with Crippen molar-refractivity contribution in [3.8, 4) is 0 Å². The van der Waals surface area contributed by atoms with Crippen LogP contribution in [0.15, 0.2) is 25.9 Å². The van der Waals surface area contributed by atoms with Gasteiger partial charge in [-0.25, -0.2) is 4.79 Å². The van der Waals surface area contributed by atoms with E-state index in [1.807, 2.05) is 0 Å². The molecule has 0 aromatic carbocycles. The summed E-state index contributed by atoms with van der Waals surface area (Å²) >= 11 is 0. The second-order valence-electron chi connectivity index (χ2n) is 1.24. The SMILES string of the molecule is C=C.C=CNC(C)=O.NC(=O)O. The van der Waals surface area contributed by atoms with Crippen molar-refractivity contribution < 1.29 is 14.7 Å². The van der Waals surface area contributed by atoms with Gasteiger partial charge in [0.15, 0.2) is 0 Å². The summed E-state index contributed by atoms with van der Waals surface area (Å²) < 4.78 is 0. The van der Waals surface area contributed by atoms with Crippen molar-refractivity contribution in [1.29, 1.82) is 0 Å². The number of carboxylic acid groups (broad SMARTS) is 1. The lowest BCUT2D eigenvalue weighted by atomic mass is 10.7. The van der Waals surface area contributed by atoms with Crippen LogP contribution in [0.5, 0.6) is 0 Å². The molecule has 0 aliphatic rings. The van der Waals surface area contributed by atoms with Gasteiger partial charge in [0.25, 0.3) is 0 Å². The largest absolute Gasteiger partial charge is 0.465 e. The molecule has 0 heterocycles. The van der Waals surface area contributed by atoms with E-state index in [-0.39, 0.29) is 5.91 Å². The molecular formula is C7H14N2O3. The molecule has 5 nitrogen and oxygen atoms in total. The normalized spacial score (nSPS) is 5.75. The Bertz CT molecular complexity index is 142. The van der Waals surface area contributed by atoms with Crippen molar-refractivity contribution in [1.82, 2.24) is 5.32 Å². The van der Waals surface area contributed by atoms with Crippen LogP contribution < -0.4 is 11.1 Å². The molecule has 5 heteroatoms. The molecule has 0 spiro atoms. The lowest BCUT2D eigenvalue weighted by Crippen LogP contribution is -2.10. The quantitative estimate of drug-likeness (QED) is 0.510. The maximum atomic E-state index is 9.86. The Morgan fingerprint density at radius 3 is 1.75 bits per heavy atom. The molecule has 12 heavy (non-hydrogen) atoms. The van der Waals surface area contributed by atoms with Crippen molar-refractivity contribution in [2.45, 2.75) is 6.92 Å². The first-order chi connectivity index (χ1) is 5.50. The summed E-state index contributed by atoms with van der Waals surface area (Å²) in [5.41, 5.74) is 4.03. The van der Waals surface area contributed by atoms with Crippen LogP contribution in [-0.2, 0) is 4.79 Å². The first kappa shape index (κ1) is 16.7. The molecule has 0 saturated heterocycles. The molecule has 0 aromatic heterocycles. The molecule has 0 aliphatic heterocycles. The van der Waals surface area contributed by atoms with Gasteiger partial charge in [0.1, 0.15) is 0 Å². The van der Waals surface area contributed by atoms with Crippen molar-refractivity contribution in [2.24, 2.45) is 5.73 Å². The van der Waals surface area contributed by atoms with Crippen LogP contribution in [0.3, 0.4) is 0 Å². The zero-order valence-electron chi connectivity index (χ0n) is 7.04. The van der Waals surface area contributed by atoms with Crippen molar-refractivity contribution in [3.05, 3.63) is 25.9 Å². The summed E-state index contributed by atoms with van der Waals surface area (Å²) in [5, 5.41) is 9.53. The number of hydrogen-bond donors (Lipinski definition) is 3. The van der Waals surface area contributed by atoms with Crippen LogP contribution in [-0.4, -0.2) is 17.1 Å². The number of nitrogens with two attached hydrogens (primary N) is 1. The highest BCUT2D eigenvalue weighted by molar-refractivity contribution is 5.73. The third kappa shape index (κ3) is 288. The molecule has 0 aromatic rings. The lowest BCUT2D eigenvalue weighted by molar-refractivity contribution is -0.118. The zero-order valence-corrected chi connectivity index (χ0v) is 7.04. The van der Waals surface area contributed by atoms with Gasteiger partial charge in [0.2, 0.25) is 5.91 Å². The summed E-state index contributed by atoms with van der Waals surface area (Å²) in [6, 6.07) is 0. The summed E-state index contributed by atoms with van der Waals surface area (Å²) in [7, 11) is 0. The van der Waals surface area contributed by atoms with Crippen LogP contribution in [0.4, 0.5) is 4.79 Å². The van der Waals surface area contributed by atoms with Crippen LogP contribution in [0.25, 0.3) is 0 Å². The lowest BCUT2D eigenvalue weighted by Gasteiger charge is -1.83. The number of carbonyl (C=O) groups excluding carboxylic acids is 1. The summed E-state index contributed by atoms with van der Waals surface area (Å²) in [6.45, 7) is 10.7. The van der Waals surface area contributed by atoms with Crippen LogP contribution >= 0.6 is 0 Å². The van der Waals surface area contributed by atoms with E-state index in [1.54, 1.807) is 0 Å². The second-order valence-corrected chi connectivity index (χ2v) is 1.24. The minimum absolute atomic E-state index is 0.0787. The molecule has 0 aliphatic carbocycles. The molecular weight excluding hydrogens is 160 g/mol. The van der Waals surface area contributed by atoms with Crippen LogP contribution in [0.2, 0.25) is 0 Å². The van der Waals surface area contributed by atoms with E-state index < -0.39 is 6.09 Å². The average Bonchev–Trinajstić information content (AvgIpc) is 1.90. The second kappa shape index (κ2) is 16.1. The van der Waals surface area contributed by atoms with Crippen molar-refractivity contribution in [2.75, 3.05) is 0 Å². The molecule has 70 valence electrons. The molecule has 0 saturated carbocycles. The zero-order chi connectivity index (χ0) is 10.6. The van der Waals surface area contributed by atoms with E-state index in [1.165, 1.54) is 13.1 Å². The summed E-state index contributed by atoms with van der Waals surface area (Å²) in [4.78, 5) is 18.6. The minimum Gasteiger partial charge on any atom is -0.465 e. The number of amides is 2. The molecule has 0 bridgehead atoms. The Labute approximate surface area is 71.6 Å². The average molecular weight is 174 g/mol. The fourth-order valence-electron chi connectivity index (χ4n) is 0.144. The van der Waals surface area contributed by atoms with Crippen LogP contribution in [0, 0.1) is 0 Å². The Morgan fingerprint density at radius 2 is 1.75 bits per heavy atom. The summed E-state index contributed by atoms with van der Waals surface area (Å²) in [5.74, 6) is -0.0787. The standard InChI is InChI=1S/C4H7NO.C2H4.CH3NO2/c1-3-5-4(2)6;1-2;2-1(3)4/h3H,1H2,2H3,(H,5,6);1-2H2;2H2,(H,3,4). The molecule has 0 radical (unpaired) electrons. The molecule has 0 unspecified atom stereocenters. The van der Waals surface area contributed by atoms with Gasteiger partial charge in [0.05, 0.1) is 0 Å². The van der Waals surface area contributed by atoms with Crippen molar-refractivity contribution in [3.63, 3.8) is 0 Å². The van der Waals surface area contributed by atoms with E-state index in [2.05, 4.69) is 30.8 Å². The van der Waals surface area contributed by atoms with E-state index in [4.69, 9.17) is 9.90 Å². The maximum absolute atomic E-state index is 9.86. The van der Waals surface area contributed by atoms with Gasteiger partial charge in [-0.1, -0.05) is 6.58 Å². The molecule has 0 atom stereocenters. The number of carbonyl (C=O) groups is 2. The first-order valence-electron chi connectivity index (χ1n) is 2.87. The van der Waals surface area contributed by atoms with Gasteiger partial charge >= 0.3 is 6.09 Å². The van der Waals surface area contributed by atoms with Gasteiger partial charge in [-0.15, -0.1) is 13.2 Å². The fraction of sp³-hybridized carbons (Fsp3) is 0.143. The van der Waals surface area contributed by atoms with Gasteiger partial charge in [-0.05, 0) is 6.20 Å². The number of primary amides is 1. The van der Waals surface area contributed by atoms with E-state index in [0.717, 1.165) is 0 Å². The van der Waals surface area contributed by atoms with Gasteiger partial charge in [0, 0.05) is 6.92 Å².